The molecule has 0 amide bonds. The molecule has 0 aliphatic rings. The second kappa shape index (κ2) is 3.97. The SMILES string of the molecule is COc1ncc(C(=O)O)nc1-c1cn[nH]c1. The van der Waals surface area contributed by atoms with Crippen molar-refractivity contribution in [2.45, 2.75) is 0 Å². The fraction of sp³-hybridized carbons (Fsp3) is 0.111. The molecule has 0 bridgehead atoms. The molecule has 7 nitrogen and oxygen atoms in total. The van der Waals surface area contributed by atoms with Gasteiger partial charge in [-0.1, -0.05) is 0 Å². The Bertz CT molecular complexity index is 509. The second-order valence-electron chi connectivity index (χ2n) is 2.91. The summed E-state index contributed by atoms with van der Waals surface area (Å²) in [6, 6.07) is 0. The molecule has 2 aromatic rings. The van der Waals surface area contributed by atoms with E-state index >= 15 is 0 Å². The van der Waals surface area contributed by atoms with E-state index in [1.165, 1.54) is 13.3 Å². The predicted molar refractivity (Wildman–Crippen MR) is 53.1 cm³/mol. The van der Waals surface area contributed by atoms with Crippen LogP contribution in [0.3, 0.4) is 0 Å². The molecule has 2 heterocycles. The van der Waals surface area contributed by atoms with Gasteiger partial charge in [0, 0.05) is 11.8 Å². The number of carboxylic acid groups (broad SMARTS) is 1. The van der Waals surface area contributed by atoms with E-state index in [9.17, 15) is 4.79 Å². The van der Waals surface area contributed by atoms with Crippen LogP contribution in [-0.2, 0) is 0 Å². The second-order valence-corrected chi connectivity index (χ2v) is 2.91. The third kappa shape index (κ3) is 1.70. The van der Waals surface area contributed by atoms with E-state index in [1.54, 1.807) is 6.20 Å². The molecule has 0 saturated carbocycles. The number of hydrogen-bond acceptors (Lipinski definition) is 5. The van der Waals surface area contributed by atoms with Crippen LogP contribution in [0.4, 0.5) is 0 Å². The average molecular weight is 220 g/mol. The normalized spacial score (nSPS) is 10.1. The third-order valence-electron chi connectivity index (χ3n) is 1.92. The highest BCUT2D eigenvalue weighted by atomic mass is 16.5. The van der Waals surface area contributed by atoms with Crippen molar-refractivity contribution < 1.29 is 14.6 Å². The van der Waals surface area contributed by atoms with Crippen molar-refractivity contribution in [3.8, 4) is 17.1 Å². The number of methoxy groups -OCH3 is 1. The molecule has 2 N–H and O–H groups in total. The van der Waals surface area contributed by atoms with E-state index in [0.717, 1.165) is 6.20 Å². The Kier molecular flexibility index (Phi) is 2.50. The highest BCUT2D eigenvalue weighted by Crippen LogP contribution is 2.24. The Hall–Kier alpha value is -2.44. The minimum atomic E-state index is -1.14. The molecule has 0 aliphatic carbocycles. The molecule has 0 spiro atoms. The number of ether oxygens (including phenoxy) is 1. The lowest BCUT2D eigenvalue weighted by molar-refractivity contribution is 0.0690. The number of nitrogens with one attached hydrogen (secondary N) is 1. The van der Waals surface area contributed by atoms with Gasteiger partial charge in [0.2, 0.25) is 5.88 Å². The third-order valence-corrected chi connectivity index (χ3v) is 1.92. The molecule has 0 aromatic carbocycles. The summed E-state index contributed by atoms with van der Waals surface area (Å²) in [5.41, 5.74) is 0.820. The first-order valence-corrected chi connectivity index (χ1v) is 4.36. The number of H-pyrrole nitrogens is 1. The van der Waals surface area contributed by atoms with Crippen molar-refractivity contribution in [2.75, 3.05) is 7.11 Å². The van der Waals surface area contributed by atoms with Crippen LogP contribution >= 0.6 is 0 Å². The van der Waals surface area contributed by atoms with E-state index in [2.05, 4.69) is 20.2 Å². The van der Waals surface area contributed by atoms with E-state index < -0.39 is 5.97 Å². The van der Waals surface area contributed by atoms with Gasteiger partial charge in [-0.15, -0.1) is 0 Å². The first-order valence-electron chi connectivity index (χ1n) is 4.36. The number of aromatic carboxylic acids is 1. The van der Waals surface area contributed by atoms with Gasteiger partial charge in [0.1, 0.15) is 5.69 Å². The predicted octanol–water partition coefficient (Wildman–Crippen LogP) is 0.573. The number of rotatable bonds is 3. The first-order chi connectivity index (χ1) is 7.72. The number of aromatic amines is 1. The van der Waals surface area contributed by atoms with Crippen molar-refractivity contribution in [1.29, 1.82) is 0 Å². The number of carbonyl (C=O) groups is 1. The smallest absolute Gasteiger partial charge is 0.356 e. The maximum Gasteiger partial charge on any atom is 0.356 e. The molecular weight excluding hydrogens is 212 g/mol. The Morgan fingerprint density at radius 2 is 2.31 bits per heavy atom. The minimum Gasteiger partial charge on any atom is -0.479 e. The van der Waals surface area contributed by atoms with Gasteiger partial charge >= 0.3 is 5.97 Å². The van der Waals surface area contributed by atoms with Gasteiger partial charge in [0.05, 0.1) is 19.5 Å². The largest absolute Gasteiger partial charge is 0.479 e. The van der Waals surface area contributed by atoms with Gasteiger partial charge < -0.3 is 9.84 Å². The summed E-state index contributed by atoms with van der Waals surface area (Å²) < 4.78 is 5.00. The zero-order valence-electron chi connectivity index (χ0n) is 8.34. The van der Waals surface area contributed by atoms with Crippen LogP contribution in [0.1, 0.15) is 10.5 Å². The van der Waals surface area contributed by atoms with Crippen molar-refractivity contribution >= 4 is 5.97 Å². The monoisotopic (exact) mass is 220 g/mol. The van der Waals surface area contributed by atoms with E-state index in [4.69, 9.17) is 9.84 Å². The minimum absolute atomic E-state index is 0.142. The van der Waals surface area contributed by atoms with E-state index in [1.807, 2.05) is 0 Å². The number of carboxylic acids is 1. The van der Waals surface area contributed by atoms with Gasteiger partial charge in [-0.25, -0.2) is 14.8 Å². The maximum atomic E-state index is 10.8. The molecule has 2 aromatic heterocycles. The zero-order chi connectivity index (χ0) is 11.5. The van der Waals surface area contributed by atoms with Gasteiger partial charge in [-0.2, -0.15) is 5.10 Å². The average Bonchev–Trinajstić information content (AvgIpc) is 2.81. The van der Waals surface area contributed by atoms with Crippen LogP contribution in [0, 0.1) is 0 Å². The van der Waals surface area contributed by atoms with E-state index in [-0.39, 0.29) is 11.6 Å². The Morgan fingerprint density at radius 3 is 2.88 bits per heavy atom. The van der Waals surface area contributed by atoms with Crippen molar-refractivity contribution in [2.24, 2.45) is 0 Å². The molecular formula is C9H8N4O3. The molecule has 0 saturated heterocycles. The van der Waals surface area contributed by atoms with Gasteiger partial charge in [-0.3, -0.25) is 5.10 Å². The Labute approximate surface area is 90.1 Å². The lowest BCUT2D eigenvalue weighted by Gasteiger charge is -2.04. The van der Waals surface area contributed by atoms with Gasteiger partial charge in [0.15, 0.2) is 5.69 Å². The van der Waals surface area contributed by atoms with Crippen molar-refractivity contribution in [3.63, 3.8) is 0 Å². The molecule has 0 radical (unpaired) electrons. The van der Waals surface area contributed by atoms with Crippen molar-refractivity contribution in [1.82, 2.24) is 20.2 Å². The molecule has 0 unspecified atom stereocenters. The van der Waals surface area contributed by atoms with Gasteiger partial charge in [0.25, 0.3) is 0 Å². The maximum absolute atomic E-state index is 10.8. The highest BCUT2D eigenvalue weighted by molar-refractivity contribution is 5.86. The quantitative estimate of drug-likeness (QED) is 0.784. The molecule has 82 valence electrons. The zero-order valence-corrected chi connectivity index (χ0v) is 8.34. The lowest BCUT2D eigenvalue weighted by Crippen LogP contribution is -2.04. The van der Waals surface area contributed by atoms with Gasteiger partial charge in [-0.05, 0) is 0 Å². The standard InChI is InChI=1S/C9H8N4O3/c1-16-8-7(5-2-11-12-3-5)13-6(4-10-8)9(14)15/h2-4H,1H3,(H,11,12)(H,14,15). The summed E-state index contributed by atoms with van der Waals surface area (Å²) in [7, 11) is 1.44. The highest BCUT2D eigenvalue weighted by Gasteiger charge is 2.14. The molecule has 2 rings (SSSR count). The molecule has 16 heavy (non-hydrogen) atoms. The molecule has 0 fully saturated rings. The molecule has 0 atom stereocenters. The van der Waals surface area contributed by atoms with Crippen LogP contribution in [0.2, 0.25) is 0 Å². The number of aromatic nitrogens is 4. The topological polar surface area (TPSA) is 101 Å². The summed E-state index contributed by atoms with van der Waals surface area (Å²) in [5.74, 6) is -0.883. The fourth-order valence-electron chi connectivity index (χ4n) is 1.20. The first kappa shape index (κ1) is 10.1. The number of hydrogen-bond donors (Lipinski definition) is 2. The Balaban J connectivity index is 2.56. The van der Waals surface area contributed by atoms with Crippen LogP contribution in [0.15, 0.2) is 18.6 Å². The van der Waals surface area contributed by atoms with Crippen molar-refractivity contribution in [3.05, 3.63) is 24.3 Å². The summed E-state index contributed by atoms with van der Waals surface area (Å²) in [6.07, 6.45) is 4.24. The summed E-state index contributed by atoms with van der Waals surface area (Å²) in [6.45, 7) is 0. The van der Waals surface area contributed by atoms with Crippen LogP contribution in [0.5, 0.6) is 5.88 Å². The molecule has 0 aliphatic heterocycles. The Morgan fingerprint density at radius 1 is 1.50 bits per heavy atom. The van der Waals surface area contributed by atoms with Crippen LogP contribution in [0.25, 0.3) is 11.3 Å². The van der Waals surface area contributed by atoms with Crippen LogP contribution < -0.4 is 4.74 Å². The van der Waals surface area contributed by atoms with E-state index in [0.29, 0.717) is 11.3 Å². The summed E-state index contributed by atoms with van der Waals surface area (Å²) in [5, 5.41) is 15.2. The number of nitrogens with zero attached hydrogens (tertiary/aromatic N) is 3. The lowest BCUT2D eigenvalue weighted by atomic mass is 10.2. The summed E-state index contributed by atoms with van der Waals surface area (Å²) in [4.78, 5) is 18.6. The molecule has 7 heteroatoms. The fourth-order valence-corrected chi connectivity index (χ4v) is 1.20. The summed E-state index contributed by atoms with van der Waals surface area (Å²) >= 11 is 0. The van der Waals surface area contributed by atoms with Crippen LogP contribution in [-0.4, -0.2) is 38.4 Å².